The fraction of sp³-hybridized carbons (Fsp3) is 0.526. The van der Waals surface area contributed by atoms with Gasteiger partial charge in [-0.3, -0.25) is 4.98 Å². The van der Waals surface area contributed by atoms with Gasteiger partial charge in [-0.1, -0.05) is 25.4 Å². The first-order valence-electron chi connectivity index (χ1n) is 8.32. The van der Waals surface area contributed by atoms with Crippen LogP contribution in [-0.2, 0) is 10.3 Å². The molecule has 0 radical (unpaired) electrons. The number of dihydropyridines is 1. The van der Waals surface area contributed by atoms with Crippen molar-refractivity contribution in [3.63, 3.8) is 0 Å². The lowest BCUT2D eigenvalue weighted by atomic mass is 9.88. The molecule has 1 aliphatic heterocycles. The number of rotatable bonds is 6. The molecule has 1 unspecified atom stereocenters. The highest BCUT2D eigenvalue weighted by molar-refractivity contribution is 6.31. The smallest absolute Gasteiger partial charge is 0.153 e. The first-order valence-corrected chi connectivity index (χ1v) is 8.70. The molecule has 0 fully saturated rings. The van der Waals surface area contributed by atoms with Gasteiger partial charge in [-0.25, -0.2) is 0 Å². The van der Waals surface area contributed by atoms with Crippen LogP contribution in [0.5, 0.6) is 0 Å². The van der Waals surface area contributed by atoms with Gasteiger partial charge >= 0.3 is 0 Å². The second-order valence-corrected chi connectivity index (χ2v) is 7.99. The fourth-order valence-corrected chi connectivity index (χ4v) is 3.53. The average Bonchev–Trinajstić information content (AvgIpc) is 2.45. The van der Waals surface area contributed by atoms with E-state index >= 15 is 0 Å². The summed E-state index contributed by atoms with van der Waals surface area (Å²) < 4.78 is 5.88. The standard InChI is InChI=1S/C19H28ClN3O/c1-13(2)8-18(4,21)12-24-17-11-23-19(5,9-16(17)20)15-6-7-22-10-14(15)3/h6-7,9-11,13,23H,8,12,21H2,1-5H3/t18-,19?/m0/s1. The van der Waals surface area contributed by atoms with Crippen LogP contribution in [0.2, 0.25) is 0 Å². The Morgan fingerprint density at radius 3 is 2.75 bits per heavy atom. The molecule has 2 heterocycles. The van der Waals surface area contributed by atoms with Crippen molar-refractivity contribution in [2.24, 2.45) is 11.7 Å². The average molecular weight is 350 g/mol. The number of ether oxygens (including phenoxy) is 1. The van der Waals surface area contributed by atoms with Gasteiger partial charge < -0.3 is 15.8 Å². The summed E-state index contributed by atoms with van der Waals surface area (Å²) in [4.78, 5) is 4.15. The number of aromatic nitrogens is 1. The molecule has 1 aromatic rings. The second-order valence-electron chi connectivity index (χ2n) is 7.58. The Morgan fingerprint density at radius 1 is 1.46 bits per heavy atom. The Labute approximate surface area is 150 Å². The number of nitrogens with one attached hydrogen (secondary N) is 1. The van der Waals surface area contributed by atoms with E-state index in [1.54, 1.807) is 6.20 Å². The SMILES string of the molecule is Cc1cnccc1C1(C)C=C(Cl)C(OC[C@@](C)(N)CC(C)C)=CN1. The number of aryl methyl sites for hydroxylation is 1. The number of pyridine rings is 1. The van der Waals surface area contributed by atoms with Crippen LogP contribution in [0.1, 0.15) is 45.2 Å². The molecule has 0 saturated heterocycles. The predicted octanol–water partition coefficient (Wildman–Crippen LogP) is 3.95. The van der Waals surface area contributed by atoms with Crippen LogP contribution >= 0.6 is 11.6 Å². The van der Waals surface area contributed by atoms with Gasteiger partial charge in [-0.2, -0.15) is 0 Å². The summed E-state index contributed by atoms with van der Waals surface area (Å²) >= 11 is 6.48. The monoisotopic (exact) mass is 349 g/mol. The summed E-state index contributed by atoms with van der Waals surface area (Å²) in [5.74, 6) is 1.15. The number of hydrogen-bond donors (Lipinski definition) is 2. The van der Waals surface area contributed by atoms with E-state index in [2.05, 4.69) is 31.1 Å². The van der Waals surface area contributed by atoms with Gasteiger partial charge in [0.1, 0.15) is 6.61 Å². The maximum Gasteiger partial charge on any atom is 0.153 e. The summed E-state index contributed by atoms with van der Waals surface area (Å²) in [6.07, 6.45) is 8.34. The molecule has 1 aromatic heterocycles. The van der Waals surface area contributed by atoms with E-state index in [9.17, 15) is 0 Å². The molecule has 2 atom stereocenters. The summed E-state index contributed by atoms with van der Waals surface area (Å²) in [7, 11) is 0. The molecule has 1 aliphatic rings. The van der Waals surface area contributed by atoms with E-state index in [4.69, 9.17) is 22.1 Å². The zero-order valence-corrected chi connectivity index (χ0v) is 15.9. The lowest BCUT2D eigenvalue weighted by Crippen LogP contribution is -2.43. The fourth-order valence-electron chi connectivity index (χ4n) is 3.21. The molecule has 0 amide bonds. The Balaban J connectivity index is 2.09. The van der Waals surface area contributed by atoms with Gasteiger partial charge in [-0.05, 0) is 56.4 Å². The molecule has 0 saturated carbocycles. The minimum atomic E-state index is -0.388. The molecular weight excluding hydrogens is 322 g/mol. The van der Waals surface area contributed by atoms with E-state index in [-0.39, 0.29) is 11.1 Å². The van der Waals surface area contributed by atoms with Crippen LogP contribution in [0.3, 0.4) is 0 Å². The number of hydrogen-bond acceptors (Lipinski definition) is 4. The highest BCUT2D eigenvalue weighted by atomic mass is 35.5. The van der Waals surface area contributed by atoms with Gasteiger partial charge in [0.2, 0.25) is 0 Å². The summed E-state index contributed by atoms with van der Waals surface area (Å²) in [6, 6.07) is 2.00. The second kappa shape index (κ2) is 7.16. The van der Waals surface area contributed by atoms with E-state index in [1.807, 2.05) is 38.4 Å². The third-order valence-electron chi connectivity index (χ3n) is 4.17. The van der Waals surface area contributed by atoms with Gasteiger partial charge in [0.05, 0.1) is 10.6 Å². The minimum Gasteiger partial charge on any atom is -0.489 e. The zero-order valence-electron chi connectivity index (χ0n) is 15.2. The highest BCUT2D eigenvalue weighted by Gasteiger charge is 2.30. The van der Waals surface area contributed by atoms with E-state index in [1.165, 1.54) is 0 Å². The van der Waals surface area contributed by atoms with E-state index < -0.39 is 0 Å². The summed E-state index contributed by atoms with van der Waals surface area (Å²) in [5, 5.41) is 3.98. The van der Waals surface area contributed by atoms with Crippen molar-refractivity contribution in [2.75, 3.05) is 6.61 Å². The van der Waals surface area contributed by atoms with Crippen molar-refractivity contribution in [1.29, 1.82) is 0 Å². The lowest BCUT2D eigenvalue weighted by Gasteiger charge is -2.34. The number of nitrogens with zero attached hydrogens (tertiary/aromatic N) is 1. The molecule has 0 spiro atoms. The minimum absolute atomic E-state index is 0.380. The van der Waals surface area contributed by atoms with Crippen LogP contribution < -0.4 is 11.1 Å². The van der Waals surface area contributed by atoms with Crippen LogP contribution in [0, 0.1) is 12.8 Å². The Hall–Kier alpha value is -1.52. The first-order chi connectivity index (χ1) is 11.1. The van der Waals surface area contributed by atoms with Crippen LogP contribution in [0.25, 0.3) is 0 Å². The molecule has 0 aliphatic carbocycles. The van der Waals surface area contributed by atoms with Crippen LogP contribution in [-0.4, -0.2) is 17.1 Å². The lowest BCUT2D eigenvalue weighted by molar-refractivity contribution is 0.143. The summed E-state index contributed by atoms with van der Waals surface area (Å²) in [5.41, 5.74) is 7.78. The first kappa shape index (κ1) is 18.8. The van der Waals surface area contributed by atoms with Crippen molar-refractivity contribution < 1.29 is 4.74 Å². The zero-order chi connectivity index (χ0) is 18.0. The van der Waals surface area contributed by atoms with E-state index in [0.717, 1.165) is 17.5 Å². The molecular formula is C19H28ClN3O. The predicted molar refractivity (Wildman–Crippen MR) is 99.5 cm³/mol. The van der Waals surface area contributed by atoms with Crippen LogP contribution in [0.15, 0.2) is 41.5 Å². The topological polar surface area (TPSA) is 60.2 Å². The van der Waals surface area contributed by atoms with Gasteiger partial charge in [0.25, 0.3) is 0 Å². The molecule has 132 valence electrons. The summed E-state index contributed by atoms with van der Waals surface area (Å²) in [6.45, 7) is 10.9. The quantitative estimate of drug-likeness (QED) is 0.816. The molecule has 0 aromatic carbocycles. The third kappa shape index (κ3) is 4.52. The number of halogens is 1. The maximum atomic E-state index is 6.48. The Bertz CT molecular complexity index is 652. The van der Waals surface area contributed by atoms with Crippen molar-refractivity contribution in [3.8, 4) is 0 Å². The molecule has 24 heavy (non-hydrogen) atoms. The van der Waals surface area contributed by atoms with Crippen molar-refractivity contribution in [2.45, 2.75) is 52.1 Å². The van der Waals surface area contributed by atoms with Gasteiger partial charge in [0, 0.05) is 24.1 Å². The van der Waals surface area contributed by atoms with Crippen molar-refractivity contribution >= 4 is 11.6 Å². The number of nitrogens with two attached hydrogens (primary N) is 1. The van der Waals surface area contributed by atoms with Crippen LogP contribution in [0.4, 0.5) is 0 Å². The molecule has 2 rings (SSSR count). The largest absolute Gasteiger partial charge is 0.489 e. The Morgan fingerprint density at radius 2 is 2.17 bits per heavy atom. The number of allylic oxidation sites excluding steroid dienone is 1. The molecule has 5 heteroatoms. The molecule has 0 bridgehead atoms. The normalized spacial score (nSPS) is 23.2. The van der Waals surface area contributed by atoms with Crippen molar-refractivity contribution in [1.82, 2.24) is 10.3 Å². The highest BCUT2D eigenvalue weighted by Crippen LogP contribution is 2.33. The maximum absolute atomic E-state index is 6.48. The van der Waals surface area contributed by atoms with E-state index in [0.29, 0.717) is 23.3 Å². The Kier molecular flexibility index (Phi) is 5.61. The van der Waals surface area contributed by atoms with Gasteiger partial charge in [0.15, 0.2) is 5.76 Å². The van der Waals surface area contributed by atoms with Crippen molar-refractivity contribution in [3.05, 3.63) is 52.7 Å². The molecule has 4 nitrogen and oxygen atoms in total. The third-order valence-corrected chi connectivity index (χ3v) is 4.46. The molecule has 3 N–H and O–H groups in total. The van der Waals surface area contributed by atoms with Gasteiger partial charge in [-0.15, -0.1) is 0 Å².